The molecule has 0 bridgehead atoms. The molecule has 1 aromatic carbocycles. The van der Waals surface area contributed by atoms with Crippen LogP contribution >= 0.6 is 12.2 Å². The van der Waals surface area contributed by atoms with E-state index < -0.39 is 11.7 Å². The highest BCUT2D eigenvalue weighted by atomic mass is 32.1. The Morgan fingerprint density at radius 3 is 2.39 bits per heavy atom. The Morgan fingerprint density at radius 2 is 1.83 bits per heavy atom. The normalized spacial score (nSPS) is 21.8. The average Bonchev–Trinajstić information content (AvgIpc) is 2.49. The molecule has 1 fully saturated rings. The molecule has 0 aliphatic heterocycles. The number of nitrogens with zero attached hydrogens (tertiary/aromatic N) is 1. The van der Waals surface area contributed by atoms with Crippen LogP contribution in [0.1, 0.15) is 43.7 Å². The molecule has 0 radical (unpaired) electrons. The molecule has 0 unspecified atom stereocenters. The maximum absolute atomic E-state index is 12.6. The van der Waals surface area contributed by atoms with Gasteiger partial charge in [-0.05, 0) is 48.7 Å². The zero-order valence-corrected chi connectivity index (χ0v) is 14.3. The van der Waals surface area contributed by atoms with Gasteiger partial charge in [0, 0.05) is 19.6 Å². The minimum absolute atomic E-state index is 0.395. The van der Waals surface area contributed by atoms with Gasteiger partial charge >= 0.3 is 6.18 Å². The number of rotatable bonds is 3. The fourth-order valence-electron chi connectivity index (χ4n) is 2.94. The Kier molecular flexibility index (Phi) is 5.89. The lowest BCUT2D eigenvalue weighted by molar-refractivity contribution is -0.137. The van der Waals surface area contributed by atoms with E-state index >= 15 is 0 Å². The maximum Gasteiger partial charge on any atom is 0.416 e. The Hall–Kier alpha value is -1.30. The number of nitrogens with one attached hydrogen (secondary N) is 1. The maximum atomic E-state index is 12.6. The van der Waals surface area contributed by atoms with Crippen LogP contribution in [0.15, 0.2) is 24.3 Å². The molecule has 2 nitrogen and oxygen atoms in total. The molecule has 1 saturated carbocycles. The van der Waals surface area contributed by atoms with Gasteiger partial charge in [0.1, 0.15) is 0 Å². The average molecular weight is 344 g/mol. The van der Waals surface area contributed by atoms with Gasteiger partial charge in [0.2, 0.25) is 0 Å². The van der Waals surface area contributed by atoms with Crippen molar-refractivity contribution in [3.05, 3.63) is 35.4 Å². The second-order valence-corrected chi connectivity index (χ2v) is 6.76. The van der Waals surface area contributed by atoms with E-state index in [1.807, 2.05) is 11.9 Å². The van der Waals surface area contributed by atoms with E-state index in [2.05, 4.69) is 12.2 Å². The van der Waals surface area contributed by atoms with E-state index in [9.17, 15) is 13.2 Å². The third-order valence-corrected chi connectivity index (χ3v) is 4.90. The summed E-state index contributed by atoms with van der Waals surface area (Å²) in [6.07, 6.45) is 0.525. The Bertz CT molecular complexity index is 528. The molecule has 23 heavy (non-hydrogen) atoms. The van der Waals surface area contributed by atoms with Gasteiger partial charge in [0.25, 0.3) is 0 Å². The highest BCUT2D eigenvalue weighted by molar-refractivity contribution is 7.80. The van der Waals surface area contributed by atoms with Gasteiger partial charge in [-0.15, -0.1) is 0 Å². The molecule has 1 N–H and O–H groups in total. The van der Waals surface area contributed by atoms with Crippen LogP contribution in [-0.4, -0.2) is 23.1 Å². The van der Waals surface area contributed by atoms with Crippen molar-refractivity contribution in [2.75, 3.05) is 7.05 Å². The molecular weight excluding hydrogens is 321 g/mol. The molecular formula is C17H23F3N2S. The topological polar surface area (TPSA) is 15.3 Å². The van der Waals surface area contributed by atoms with Crippen LogP contribution < -0.4 is 5.32 Å². The summed E-state index contributed by atoms with van der Waals surface area (Å²) in [6, 6.07) is 5.63. The molecule has 6 heteroatoms. The van der Waals surface area contributed by atoms with E-state index in [1.54, 1.807) is 0 Å². The van der Waals surface area contributed by atoms with Gasteiger partial charge in [0.15, 0.2) is 5.11 Å². The molecule has 2 atom stereocenters. The third kappa shape index (κ3) is 5.09. The standard InChI is InChI=1S/C17H23F3N2S/c1-12-5-3-4-6-15(12)21-16(23)22(2)11-13-7-9-14(10-8-13)17(18,19)20/h7-10,12,15H,3-6,11H2,1-2H3,(H,21,23)/t12-,15-/m1/s1. The summed E-state index contributed by atoms with van der Waals surface area (Å²) in [5.41, 5.74) is 0.182. The first-order valence-electron chi connectivity index (χ1n) is 7.95. The summed E-state index contributed by atoms with van der Waals surface area (Å²) in [7, 11) is 1.86. The fourth-order valence-corrected chi connectivity index (χ4v) is 3.16. The molecule has 128 valence electrons. The van der Waals surface area contributed by atoms with Crippen LogP contribution in [0.4, 0.5) is 13.2 Å². The Balaban J connectivity index is 1.90. The van der Waals surface area contributed by atoms with Gasteiger partial charge in [-0.3, -0.25) is 0 Å². The van der Waals surface area contributed by atoms with E-state index in [4.69, 9.17) is 12.2 Å². The summed E-state index contributed by atoms with van der Waals surface area (Å²) in [5.74, 6) is 0.598. The van der Waals surface area contributed by atoms with Crippen LogP contribution in [0, 0.1) is 5.92 Å². The first-order chi connectivity index (χ1) is 10.8. The van der Waals surface area contributed by atoms with E-state index in [1.165, 1.54) is 31.4 Å². The second kappa shape index (κ2) is 7.51. The van der Waals surface area contributed by atoms with Crippen LogP contribution in [0.2, 0.25) is 0 Å². The van der Waals surface area contributed by atoms with Crippen molar-refractivity contribution in [1.29, 1.82) is 0 Å². The minimum atomic E-state index is -4.29. The van der Waals surface area contributed by atoms with Gasteiger partial charge in [-0.1, -0.05) is 31.9 Å². The van der Waals surface area contributed by atoms with Gasteiger partial charge < -0.3 is 10.2 Å². The van der Waals surface area contributed by atoms with Crippen molar-refractivity contribution >= 4 is 17.3 Å². The molecule has 1 aromatic rings. The predicted octanol–water partition coefficient (Wildman–Crippen LogP) is 4.59. The van der Waals surface area contributed by atoms with E-state index in [0.29, 0.717) is 23.6 Å². The van der Waals surface area contributed by atoms with Gasteiger partial charge in [0.05, 0.1) is 5.56 Å². The minimum Gasteiger partial charge on any atom is -0.360 e. The monoisotopic (exact) mass is 344 g/mol. The first kappa shape index (κ1) is 18.0. The summed E-state index contributed by atoms with van der Waals surface area (Å²) in [6.45, 7) is 2.72. The number of benzene rings is 1. The largest absolute Gasteiger partial charge is 0.416 e. The zero-order chi connectivity index (χ0) is 17.0. The van der Waals surface area contributed by atoms with Crippen LogP contribution in [0.3, 0.4) is 0 Å². The van der Waals surface area contributed by atoms with Crippen molar-refractivity contribution < 1.29 is 13.2 Å². The smallest absolute Gasteiger partial charge is 0.360 e. The van der Waals surface area contributed by atoms with Crippen molar-refractivity contribution in [3.63, 3.8) is 0 Å². The van der Waals surface area contributed by atoms with Crippen molar-refractivity contribution in [3.8, 4) is 0 Å². The first-order valence-corrected chi connectivity index (χ1v) is 8.36. The van der Waals surface area contributed by atoms with E-state index in [0.717, 1.165) is 24.1 Å². The van der Waals surface area contributed by atoms with Crippen molar-refractivity contribution in [2.45, 2.75) is 51.4 Å². The lowest BCUT2D eigenvalue weighted by Crippen LogP contribution is -2.46. The van der Waals surface area contributed by atoms with Gasteiger partial charge in [-0.2, -0.15) is 13.2 Å². The number of thiocarbonyl (C=S) groups is 1. The molecule has 0 spiro atoms. The SMILES string of the molecule is C[C@@H]1CCCC[C@H]1NC(=S)N(C)Cc1ccc(C(F)(F)F)cc1. The summed E-state index contributed by atoms with van der Waals surface area (Å²) in [5, 5.41) is 4.06. The highest BCUT2D eigenvalue weighted by Crippen LogP contribution is 2.29. The lowest BCUT2D eigenvalue weighted by atomic mass is 9.86. The fraction of sp³-hybridized carbons (Fsp3) is 0.588. The second-order valence-electron chi connectivity index (χ2n) is 6.37. The number of alkyl halides is 3. The Labute approximate surface area is 141 Å². The molecule has 1 aliphatic rings. The quantitative estimate of drug-likeness (QED) is 0.808. The molecule has 0 aromatic heterocycles. The molecule has 1 aliphatic carbocycles. The summed E-state index contributed by atoms with van der Waals surface area (Å²) >= 11 is 5.43. The molecule has 2 rings (SSSR count). The highest BCUT2D eigenvalue weighted by Gasteiger charge is 2.30. The number of hydrogen-bond acceptors (Lipinski definition) is 1. The van der Waals surface area contributed by atoms with Crippen LogP contribution in [0.25, 0.3) is 0 Å². The zero-order valence-electron chi connectivity index (χ0n) is 13.5. The van der Waals surface area contributed by atoms with Crippen LogP contribution in [-0.2, 0) is 12.7 Å². The number of hydrogen-bond donors (Lipinski definition) is 1. The molecule has 0 heterocycles. The number of halogens is 3. The van der Waals surface area contributed by atoms with Crippen molar-refractivity contribution in [1.82, 2.24) is 10.2 Å². The third-order valence-electron chi connectivity index (χ3n) is 4.47. The lowest BCUT2D eigenvalue weighted by Gasteiger charge is -2.33. The summed E-state index contributed by atoms with van der Waals surface area (Å²) in [4.78, 5) is 1.87. The Morgan fingerprint density at radius 1 is 1.22 bits per heavy atom. The van der Waals surface area contributed by atoms with Crippen LogP contribution in [0.5, 0.6) is 0 Å². The van der Waals surface area contributed by atoms with Crippen molar-refractivity contribution in [2.24, 2.45) is 5.92 Å². The predicted molar refractivity (Wildman–Crippen MR) is 90.1 cm³/mol. The summed E-state index contributed by atoms with van der Waals surface area (Å²) < 4.78 is 37.7. The molecule has 0 saturated heterocycles. The van der Waals surface area contributed by atoms with Gasteiger partial charge in [-0.25, -0.2) is 0 Å². The molecule has 0 amide bonds. The van der Waals surface area contributed by atoms with E-state index in [-0.39, 0.29) is 0 Å².